The standard InChI is InChI=1S/C23H21NO5S/c1-29-19-13-7-5-11-17(19)22-21(18-12-6-8-14-20(18)30(26,27)28)23(25)24(22)15-16-9-3-2-4-10-16/h2-14,21-22H,15H2,1H3,(H,26,27,28)/p-1/t21-,22-/m1/s1. The number of ether oxygens (including phenoxy) is 1. The molecule has 4 rings (SSSR count). The summed E-state index contributed by atoms with van der Waals surface area (Å²) in [5.74, 6) is -0.420. The zero-order valence-corrected chi connectivity index (χ0v) is 17.1. The molecule has 0 N–H and O–H groups in total. The monoisotopic (exact) mass is 422 g/mol. The van der Waals surface area contributed by atoms with Crippen LogP contribution in [0.25, 0.3) is 0 Å². The number of rotatable bonds is 6. The predicted octanol–water partition coefficient (Wildman–Crippen LogP) is 3.47. The molecule has 1 amide bonds. The maximum atomic E-state index is 13.2. The number of methoxy groups -OCH3 is 1. The van der Waals surface area contributed by atoms with E-state index < -0.39 is 22.1 Å². The molecule has 30 heavy (non-hydrogen) atoms. The number of hydrogen-bond donors (Lipinski definition) is 0. The minimum absolute atomic E-state index is 0.220. The number of nitrogens with zero attached hydrogens (tertiary/aromatic N) is 1. The first kappa shape index (κ1) is 20.1. The predicted molar refractivity (Wildman–Crippen MR) is 110 cm³/mol. The van der Waals surface area contributed by atoms with Crippen molar-refractivity contribution in [1.29, 1.82) is 0 Å². The van der Waals surface area contributed by atoms with Gasteiger partial charge in [-0.1, -0.05) is 66.7 Å². The maximum absolute atomic E-state index is 13.2. The summed E-state index contributed by atoms with van der Waals surface area (Å²) in [6, 6.07) is 22.3. The van der Waals surface area contributed by atoms with Crippen molar-refractivity contribution >= 4 is 16.0 Å². The summed E-state index contributed by atoms with van der Waals surface area (Å²) in [5, 5.41) is 0. The lowest BCUT2D eigenvalue weighted by molar-refractivity contribution is -0.151. The van der Waals surface area contributed by atoms with E-state index in [9.17, 15) is 17.8 Å². The second-order valence-corrected chi connectivity index (χ2v) is 8.46. The number of carbonyl (C=O) groups excluding carboxylic acids is 1. The van der Waals surface area contributed by atoms with Crippen LogP contribution in [-0.4, -0.2) is 30.9 Å². The van der Waals surface area contributed by atoms with E-state index in [1.165, 1.54) is 18.2 Å². The van der Waals surface area contributed by atoms with E-state index in [4.69, 9.17) is 4.74 Å². The molecule has 1 heterocycles. The first-order valence-corrected chi connectivity index (χ1v) is 10.8. The number of amides is 1. The molecule has 3 aromatic rings. The van der Waals surface area contributed by atoms with Gasteiger partial charge in [0.25, 0.3) is 0 Å². The molecule has 0 unspecified atom stereocenters. The molecule has 154 valence electrons. The molecule has 7 heteroatoms. The van der Waals surface area contributed by atoms with Crippen molar-refractivity contribution in [1.82, 2.24) is 4.90 Å². The molecule has 0 aliphatic carbocycles. The van der Waals surface area contributed by atoms with Gasteiger partial charge in [-0.15, -0.1) is 0 Å². The molecular weight excluding hydrogens is 402 g/mol. The van der Waals surface area contributed by atoms with Crippen LogP contribution in [0.1, 0.15) is 28.7 Å². The molecule has 1 fully saturated rings. The van der Waals surface area contributed by atoms with Gasteiger partial charge in [-0.05, 0) is 23.3 Å². The molecular formula is C23H20NO5S-. The second-order valence-electron chi connectivity index (χ2n) is 7.11. The topological polar surface area (TPSA) is 86.7 Å². The highest BCUT2D eigenvalue weighted by atomic mass is 32.2. The first-order chi connectivity index (χ1) is 14.4. The average Bonchev–Trinajstić information content (AvgIpc) is 2.75. The van der Waals surface area contributed by atoms with Crippen LogP contribution < -0.4 is 4.74 Å². The van der Waals surface area contributed by atoms with E-state index in [1.807, 2.05) is 48.5 Å². The van der Waals surface area contributed by atoms with Crippen LogP contribution in [-0.2, 0) is 21.5 Å². The van der Waals surface area contributed by atoms with Crippen LogP contribution >= 0.6 is 0 Å². The first-order valence-electron chi connectivity index (χ1n) is 9.44. The Morgan fingerprint density at radius 3 is 2.17 bits per heavy atom. The number of benzene rings is 3. The third-order valence-corrected chi connectivity index (χ3v) is 6.29. The lowest BCUT2D eigenvalue weighted by atomic mass is 9.77. The lowest BCUT2D eigenvalue weighted by Crippen LogP contribution is -2.53. The van der Waals surface area contributed by atoms with Crippen LogP contribution in [0.4, 0.5) is 0 Å². The fourth-order valence-electron chi connectivity index (χ4n) is 4.03. The fraction of sp³-hybridized carbons (Fsp3) is 0.174. The van der Waals surface area contributed by atoms with Crippen molar-refractivity contribution in [3.8, 4) is 5.75 Å². The Labute approximate surface area is 175 Å². The Morgan fingerprint density at radius 1 is 0.900 bits per heavy atom. The van der Waals surface area contributed by atoms with Gasteiger partial charge >= 0.3 is 0 Å². The molecule has 0 aromatic heterocycles. The molecule has 0 radical (unpaired) electrons. The van der Waals surface area contributed by atoms with E-state index in [0.717, 1.165) is 11.1 Å². The highest BCUT2D eigenvalue weighted by molar-refractivity contribution is 7.85. The normalized spacial score (nSPS) is 18.7. The molecule has 2 atom stereocenters. The fourth-order valence-corrected chi connectivity index (χ4v) is 4.76. The van der Waals surface area contributed by atoms with Gasteiger partial charge < -0.3 is 14.2 Å². The number of carbonyl (C=O) groups is 1. The maximum Gasteiger partial charge on any atom is 0.233 e. The Balaban J connectivity index is 1.82. The zero-order valence-electron chi connectivity index (χ0n) is 16.3. The van der Waals surface area contributed by atoms with Crippen LogP contribution in [0.5, 0.6) is 5.75 Å². The van der Waals surface area contributed by atoms with E-state index in [0.29, 0.717) is 12.3 Å². The minimum atomic E-state index is -4.73. The summed E-state index contributed by atoms with van der Waals surface area (Å²) in [6.07, 6.45) is 0. The third-order valence-electron chi connectivity index (χ3n) is 5.38. The highest BCUT2D eigenvalue weighted by Crippen LogP contribution is 2.50. The van der Waals surface area contributed by atoms with Gasteiger partial charge in [0.2, 0.25) is 5.91 Å². The summed E-state index contributed by atoms with van der Waals surface area (Å²) in [4.78, 5) is 14.5. The van der Waals surface area contributed by atoms with Crippen LogP contribution in [0.15, 0.2) is 83.8 Å². The molecule has 1 aliphatic rings. The van der Waals surface area contributed by atoms with Crippen molar-refractivity contribution in [3.63, 3.8) is 0 Å². The van der Waals surface area contributed by atoms with E-state index in [-0.39, 0.29) is 16.4 Å². The highest BCUT2D eigenvalue weighted by Gasteiger charge is 2.50. The average molecular weight is 422 g/mol. The molecule has 0 bridgehead atoms. The molecule has 6 nitrogen and oxygen atoms in total. The van der Waals surface area contributed by atoms with Gasteiger partial charge in [0.05, 0.1) is 24.0 Å². The van der Waals surface area contributed by atoms with E-state index in [1.54, 1.807) is 24.1 Å². The lowest BCUT2D eigenvalue weighted by Gasteiger charge is -2.48. The molecule has 1 aliphatic heterocycles. The van der Waals surface area contributed by atoms with Crippen molar-refractivity contribution in [2.24, 2.45) is 0 Å². The quantitative estimate of drug-likeness (QED) is 0.448. The van der Waals surface area contributed by atoms with E-state index >= 15 is 0 Å². The second kappa shape index (κ2) is 7.93. The largest absolute Gasteiger partial charge is 0.744 e. The number of para-hydroxylation sites is 1. The van der Waals surface area contributed by atoms with Gasteiger partial charge in [0.15, 0.2) is 0 Å². The van der Waals surface area contributed by atoms with Crippen LogP contribution in [0, 0.1) is 0 Å². The Bertz CT molecular complexity index is 1180. The molecule has 0 spiro atoms. The number of β-lactam (4-membered cyclic amide) rings is 1. The molecule has 1 saturated heterocycles. The minimum Gasteiger partial charge on any atom is -0.744 e. The smallest absolute Gasteiger partial charge is 0.233 e. The third kappa shape index (κ3) is 3.58. The Kier molecular flexibility index (Phi) is 5.32. The summed E-state index contributed by atoms with van der Waals surface area (Å²) in [6.45, 7) is 0.366. The van der Waals surface area contributed by atoms with Gasteiger partial charge in [0.1, 0.15) is 15.9 Å². The van der Waals surface area contributed by atoms with Crippen LogP contribution in [0.2, 0.25) is 0 Å². The molecule has 0 saturated carbocycles. The summed E-state index contributed by atoms with van der Waals surface area (Å²) in [7, 11) is -3.18. The number of hydrogen-bond acceptors (Lipinski definition) is 5. The van der Waals surface area contributed by atoms with Gasteiger partial charge in [-0.3, -0.25) is 4.79 Å². The van der Waals surface area contributed by atoms with Gasteiger partial charge in [0, 0.05) is 12.1 Å². The van der Waals surface area contributed by atoms with Crippen LogP contribution in [0.3, 0.4) is 0 Å². The van der Waals surface area contributed by atoms with Crippen molar-refractivity contribution < 1.29 is 22.5 Å². The molecule has 3 aromatic carbocycles. The van der Waals surface area contributed by atoms with Gasteiger partial charge in [-0.25, -0.2) is 8.42 Å². The summed E-state index contributed by atoms with van der Waals surface area (Å²) in [5.41, 5.74) is 1.94. The van der Waals surface area contributed by atoms with E-state index in [2.05, 4.69) is 0 Å². The van der Waals surface area contributed by atoms with Crippen molar-refractivity contribution in [2.45, 2.75) is 23.4 Å². The van der Waals surface area contributed by atoms with Crippen molar-refractivity contribution in [3.05, 3.63) is 95.6 Å². The zero-order chi connectivity index (χ0) is 21.3. The SMILES string of the molecule is COc1ccccc1[C@@H]1[C@@H](c2ccccc2S(=O)(=O)[O-])C(=O)N1Cc1ccccc1. The Morgan fingerprint density at radius 2 is 1.50 bits per heavy atom. The summed E-state index contributed by atoms with van der Waals surface area (Å²) < 4.78 is 41.0. The number of likely N-dealkylation sites (tertiary alicyclic amines) is 1. The van der Waals surface area contributed by atoms with Crippen molar-refractivity contribution in [2.75, 3.05) is 7.11 Å². The Hall–Kier alpha value is -3.16. The van der Waals surface area contributed by atoms with Gasteiger partial charge in [-0.2, -0.15) is 0 Å². The summed E-state index contributed by atoms with van der Waals surface area (Å²) >= 11 is 0.